The molecule has 0 unspecified atom stereocenters. The molecular formula is C26H27F2N7O. The Kier molecular flexibility index (Phi) is 5.36. The molecular weight excluding hydrogens is 464 g/mol. The molecule has 1 aliphatic carbocycles. The molecule has 1 aromatic carbocycles. The van der Waals surface area contributed by atoms with Crippen LogP contribution in [-0.4, -0.2) is 37.5 Å². The van der Waals surface area contributed by atoms with Gasteiger partial charge in [-0.25, -0.2) is 23.7 Å². The van der Waals surface area contributed by atoms with Gasteiger partial charge in [-0.1, -0.05) is 6.07 Å². The minimum atomic E-state index is -0.880. The highest BCUT2D eigenvalue weighted by Crippen LogP contribution is 2.48. The SMILES string of the molecule is CC(C)n1c(=O)c2cnc(Nc3ccc4c(c3)CNCC4)nc2n1-c1ccc(F)c(C2(CF)CC2)n1. The lowest BCUT2D eigenvalue weighted by atomic mass is 10.0. The Morgan fingerprint density at radius 2 is 2.00 bits per heavy atom. The summed E-state index contributed by atoms with van der Waals surface area (Å²) in [4.78, 5) is 26.9. The second kappa shape index (κ2) is 8.48. The Morgan fingerprint density at radius 3 is 2.75 bits per heavy atom. The van der Waals surface area contributed by atoms with E-state index in [1.165, 1.54) is 34.1 Å². The van der Waals surface area contributed by atoms with Crippen LogP contribution in [0.15, 0.2) is 41.3 Å². The predicted octanol–water partition coefficient (Wildman–Crippen LogP) is 4.09. The summed E-state index contributed by atoms with van der Waals surface area (Å²) in [5, 5.41) is 6.94. The maximum absolute atomic E-state index is 14.7. The molecule has 3 aromatic heterocycles. The van der Waals surface area contributed by atoms with Gasteiger partial charge in [-0.15, -0.1) is 0 Å². The van der Waals surface area contributed by atoms with E-state index in [-0.39, 0.29) is 17.3 Å². The average molecular weight is 492 g/mol. The smallest absolute Gasteiger partial charge is 0.278 e. The number of nitrogens with one attached hydrogen (secondary N) is 2. The zero-order valence-corrected chi connectivity index (χ0v) is 20.2. The number of fused-ring (bicyclic) bond motifs is 2. The molecule has 8 nitrogen and oxygen atoms in total. The van der Waals surface area contributed by atoms with E-state index in [1.54, 1.807) is 4.68 Å². The largest absolute Gasteiger partial charge is 0.324 e. The average Bonchev–Trinajstić information content (AvgIpc) is 3.62. The number of rotatable bonds is 6. The summed E-state index contributed by atoms with van der Waals surface area (Å²) >= 11 is 0. The van der Waals surface area contributed by atoms with Gasteiger partial charge in [0, 0.05) is 29.9 Å². The minimum Gasteiger partial charge on any atom is -0.324 e. The van der Waals surface area contributed by atoms with Gasteiger partial charge >= 0.3 is 0 Å². The number of pyridine rings is 1. The molecule has 1 aliphatic heterocycles. The van der Waals surface area contributed by atoms with E-state index in [0.717, 1.165) is 25.2 Å². The van der Waals surface area contributed by atoms with Gasteiger partial charge in [0.2, 0.25) is 5.95 Å². The maximum atomic E-state index is 14.7. The van der Waals surface area contributed by atoms with E-state index in [0.29, 0.717) is 35.6 Å². The van der Waals surface area contributed by atoms with Crippen LogP contribution in [-0.2, 0) is 18.4 Å². The molecule has 186 valence electrons. The number of alkyl halides is 1. The van der Waals surface area contributed by atoms with Crippen LogP contribution in [0.25, 0.3) is 16.9 Å². The molecule has 0 amide bonds. The molecule has 6 rings (SSSR count). The van der Waals surface area contributed by atoms with E-state index < -0.39 is 17.9 Å². The monoisotopic (exact) mass is 491 g/mol. The van der Waals surface area contributed by atoms with Crippen molar-refractivity contribution in [2.45, 2.75) is 51.1 Å². The van der Waals surface area contributed by atoms with Crippen molar-refractivity contribution >= 4 is 22.7 Å². The highest BCUT2D eigenvalue weighted by molar-refractivity contribution is 5.77. The third-order valence-electron chi connectivity index (χ3n) is 7.12. The summed E-state index contributed by atoms with van der Waals surface area (Å²) in [5.41, 5.74) is 2.68. The Bertz CT molecular complexity index is 1540. The number of hydrogen-bond acceptors (Lipinski definition) is 6. The van der Waals surface area contributed by atoms with Gasteiger partial charge in [0.25, 0.3) is 5.56 Å². The van der Waals surface area contributed by atoms with Crippen LogP contribution in [0.4, 0.5) is 20.4 Å². The summed E-state index contributed by atoms with van der Waals surface area (Å²) in [7, 11) is 0. The second-order valence-corrected chi connectivity index (χ2v) is 9.94. The summed E-state index contributed by atoms with van der Waals surface area (Å²) in [6.07, 6.45) is 3.58. The fourth-order valence-electron chi connectivity index (χ4n) is 4.94. The van der Waals surface area contributed by atoms with Crippen molar-refractivity contribution < 1.29 is 8.78 Å². The van der Waals surface area contributed by atoms with Crippen LogP contribution in [0.1, 0.15) is 49.6 Å². The van der Waals surface area contributed by atoms with Crippen molar-refractivity contribution in [3.05, 3.63) is 69.5 Å². The lowest BCUT2D eigenvalue weighted by molar-refractivity contribution is 0.398. The first-order chi connectivity index (χ1) is 17.4. The van der Waals surface area contributed by atoms with Gasteiger partial charge in [0.15, 0.2) is 11.5 Å². The molecule has 2 aliphatic rings. The second-order valence-electron chi connectivity index (χ2n) is 9.94. The molecule has 2 N–H and O–H groups in total. The van der Waals surface area contributed by atoms with Crippen molar-refractivity contribution in [3.8, 4) is 5.82 Å². The maximum Gasteiger partial charge on any atom is 0.278 e. The molecule has 0 saturated heterocycles. The van der Waals surface area contributed by atoms with Crippen LogP contribution in [0.3, 0.4) is 0 Å². The predicted molar refractivity (Wildman–Crippen MR) is 133 cm³/mol. The first-order valence-electron chi connectivity index (χ1n) is 12.2. The molecule has 0 bridgehead atoms. The van der Waals surface area contributed by atoms with Gasteiger partial charge in [-0.2, -0.15) is 4.98 Å². The summed E-state index contributed by atoms with van der Waals surface area (Å²) in [5.74, 6) is 0.102. The van der Waals surface area contributed by atoms with Crippen molar-refractivity contribution in [1.82, 2.24) is 29.6 Å². The van der Waals surface area contributed by atoms with Gasteiger partial charge in [0.05, 0.1) is 5.69 Å². The first kappa shape index (κ1) is 22.8. The van der Waals surface area contributed by atoms with Crippen molar-refractivity contribution in [1.29, 1.82) is 0 Å². The normalized spacial score (nSPS) is 16.4. The zero-order valence-electron chi connectivity index (χ0n) is 20.2. The van der Waals surface area contributed by atoms with Crippen LogP contribution in [0, 0.1) is 5.82 Å². The van der Waals surface area contributed by atoms with Crippen molar-refractivity contribution in [2.24, 2.45) is 0 Å². The Labute approximate surface area is 206 Å². The Balaban J connectivity index is 1.47. The molecule has 1 fully saturated rings. The van der Waals surface area contributed by atoms with Gasteiger partial charge in [-0.3, -0.25) is 9.18 Å². The molecule has 0 spiro atoms. The molecule has 4 heterocycles. The standard InChI is InChI=1S/C26H27F2N7O/c1-15(2)34-24(36)19-13-30-25(31-18-4-3-16-7-10-29-12-17(16)11-18)33-23(19)35(34)21-6-5-20(28)22(32-21)26(14-27)8-9-26/h3-6,11,13,15,29H,7-10,12,14H2,1-2H3,(H,30,31,33). The molecule has 10 heteroatoms. The van der Waals surface area contributed by atoms with E-state index in [9.17, 15) is 13.6 Å². The number of aromatic nitrogens is 5. The minimum absolute atomic E-state index is 0.0992. The molecule has 1 saturated carbocycles. The topological polar surface area (TPSA) is 89.7 Å². The molecule has 0 radical (unpaired) electrons. The highest BCUT2D eigenvalue weighted by Gasteiger charge is 2.48. The third-order valence-corrected chi connectivity index (χ3v) is 7.12. The first-order valence-corrected chi connectivity index (χ1v) is 12.2. The summed E-state index contributed by atoms with van der Waals surface area (Å²) in [6, 6.07) is 8.71. The number of halogens is 2. The van der Waals surface area contributed by atoms with Crippen molar-refractivity contribution in [2.75, 3.05) is 18.5 Å². The fraction of sp³-hybridized carbons (Fsp3) is 0.385. The Morgan fingerprint density at radius 1 is 1.17 bits per heavy atom. The molecule has 4 aromatic rings. The van der Waals surface area contributed by atoms with Crippen LogP contribution in [0.2, 0.25) is 0 Å². The number of benzene rings is 1. The van der Waals surface area contributed by atoms with E-state index >= 15 is 0 Å². The fourth-order valence-corrected chi connectivity index (χ4v) is 4.94. The summed E-state index contributed by atoms with van der Waals surface area (Å²) in [6.45, 7) is 4.85. The lowest BCUT2D eigenvalue weighted by Crippen LogP contribution is -2.25. The van der Waals surface area contributed by atoms with Gasteiger partial charge < -0.3 is 10.6 Å². The van der Waals surface area contributed by atoms with Crippen LogP contribution >= 0.6 is 0 Å². The summed E-state index contributed by atoms with van der Waals surface area (Å²) < 4.78 is 31.5. The number of anilines is 2. The zero-order chi connectivity index (χ0) is 25.0. The van der Waals surface area contributed by atoms with E-state index in [1.807, 2.05) is 19.9 Å². The number of nitrogens with zero attached hydrogens (tertiary/aromatic N) is 5. The van der Waals surface area contributed by atoms with Gasteiger partial charge in [0.1, 0.15) is 17.9 Å². The van der Waals surface area contributed by atoms with Crippen LogP contribution in [0.5, 0.6) is 0 Å². The highest BCUT2D eigenvalue weighted by atomic mass is 19.1. The Hall–Kier alpha value is -3.66. The van der Waals surface area contributed by atoms with E-state index in [2.05, 4.69) is 37.7 Å². The third kappa shape index (κ3) is 3.67. The molecule has 0 atom stereocenters. The van der Waals surface area contributed by atoms with Gasteiger partial charge in [-0.05, 0) is 75.0 Å². The molecule has 36 heavy (non-hydrogen) atoms. The number of hydrogen-bond donors (Lipinski definition) is 2. The van der Waals surface area contributed by atoms with Crippen molar-refractivity contribution in [3.63, 3.8) is 0 Å². The van der Waals surface area contributed by atoms with E-state index in [4.69, 9.17) is 0 Å². The lowest BCUT2D eigenvalue weighted by Gasteiger charge is -2.18. The van der Waals surface area contributed by atoms with Crippen LogP contribution < -0.4 is 16.2 Å². The quantitative estimate of drug-likeness (QED) is 0.422.